The van der Waals surface area contributed by atoms with Crippen LogP contribution in [0.15, 0.2) is 12.1 Å². The third-order valence-electron chi connectivity index (χ3n) is 1.81. The van der Waals surface area contributed by atoms with Crippen LogP contribution in [-0.2, 0) is 0 Å². The summed E-state index contributed by atoms with van der Waals surface area (Å²) in [7, 11) is 0. The van der Waals surface area contributed by atoms with Crippen LogP contribution in [0.5, 0.6) is 0 Å². The number of halogens is 1. The van der Waals surface area contributed by atoms with Crippen molar-refractivity contribution in [2.45, 2.75) is 13.8 Å². The van der Waals surface area contributed by atoms with Gasteiger partial charge in [-0.2, -0.15) is 5.26 Å². The third kappa shape index (κ3) is 1.57. The Morgan fingerprint density at radius 1 is 1.54 bits per heavy atom. The molecule has 0 N–H and O–H groups in total. The monoisotopic (exact) mass is 177 g/mol. The minimum atomic E-state index is -0.591. The van der Waals surface area contributed by atoms with Crippen molar-refractivity contribution in [1.82, 2.24) is 0 Å². The van der Waals surface area contributed by atoms with Gasteiger partial charge in [-0.05, 0) is 25.5 Å². The van der Waals surface area contributed by atoms with Crippen LogP contribution in [0.4, 0.5) is 4.39 Å². The SMILES string of the molecule is CC(=O)c1c(C#N)ccc(C)c1F. The molecule has 0 bridgehead atoms. The summed E-state index contributed by atoms with van der Waals surface area (Å²) in [6.45, 7) is 2.81. The van der Waals surface area contributed by atoms with Crippen molar-refractivity contribution >= 4 is 5.78 Å². The molecule has 0 heterocycles. The Bertz CT molecular complexity index is 404. The van der Waals surface area contributed by atoms with Gasteiger partial charge < -0.3 is 0 Å². The first kappa shape index (κ1) is 9.40. The van der Waals surface area contributed by atoms with Crippen LogP contribution in [0.25, 0.3) is 0 Å². The highest BCUT2D eigenvalue weighted by atomic mass is 19.1. The molecule has 1 aromatic rings. The molecule has 1 aromatic carbocycles. The van der Waals surface area contributed by atoms with Gasteiger partial charge in [0.1, 0.15) is 5.82 Å². The molecule has 0 aliphatic carbocycles. The highest BCUT2D eigenvalue weighted by Crippen LogP contribution is 2.17. The molecule has 3 heteroatoms. The molecular formula is C10H8FNO. The molecule has 13 heavy (non-hydrogen) atoms. The van der Waals surface area contributed by atoms with Crippen molar-refractivity contribution in [3.63, 3.8) is 0 Å². The van der Waals surface area contributed by atoms with E-state index < -0.39 is 11.6 Å². The van der Waals surface area contributed by atoms with E-state index in [4.69, 9.17) is 5.26 Å². The predicted molar refractivity (Wildman–Crippen MR) is 45.9 cm³/mol. The fraction of sp³-hybridized carbons (Fsp3) is 0.200. The summed E-state index contributed by atoms with van der Waals surface area (Å²) in [4.78, 5) is 11.0. The number of rotatable bonds is 1. The van der Waals surface area contributed by atoms with Gasteiger partial charge in [-0.3, -0.25) is 4.79 Å². The van der Waals surface area contributed by atoms with E-state index >= 15 is 0 Å². The predicted octanol–water partition coefficient (Wildman–Crippen LogP) is 2.21. The minimum Gasteiger partial charge on any atom is -0.294 e. The first-order valence-corrected chi connectivity index (χ1v) is 3.78. The maximum atomic E-state index is 13.3. The first-order chi connectivity index (χ1) is 6.07. The fourth-order valence-electron chi connectivity index (χ4n) is 1.12. The molecular weight excluding hydrogens is 169 g/mol. The van der Waals surface area contributed by atoms with E-state index in [1.54, 1.807) is 13.0 Å². The van der Waals surface area contributed by atoms with Crippen molar-refractivity contribution in [3.05, 3.63) is 34.6 Å². The Labute approximate surface area is 75.6 Å². The van der Waals surface area contributed by atoms with E-state index in [9.17, 15) is 9.18 Å². The molecule has 0 aliphatic rings. The lowest BCUT2D eigenvalue weighted by Gasteiger charge is -2.03. The van der Waals surface area contributed by atoms with E-state index in [1.807, 2.05) is 0 Å². The van der Waals surface area contributed by atoms with Crippen molar-refractivity contribution < 1.29 is 9.18 Å². The molecule has 0 fully saturated rings. The number of carbonyl (C=O) groups is 1. The van der Waals surface area contributed by atoms with E-state index in [2.05, 4.69) is 0 Å². The van der Waals surface area contributed by atoms with Crippen molar-refractivity contribution in [2.75, 3.05) is 0 Å². The van der Waals surface area contributed by atoms with Crippen LogP contribution in [0.3, 0.4) is 0 Å². The smallest absolute Gasteiger partial charge is 0.164 e. The second kappa shape index (κ2) is 3.36. The molecule has 1 rings (SSSR count). The van der Waals surface area contributed by atoms with E-state index in [-0.39, 0.29) is 11.1 Å². The van der Waals surface area contributed by atoms with Crippen LogP contribution in [0, 0.1) is 24.1 Å². The number of hydrogen-bond acceptors (Lipinski definition) is 2. The Balaban J connectivity index is 3.53. The minimum absolute atomic E-state index is 0.0931. The van der Waals surface area contributed by atoms with Gasteiger partial charge in [0.15, 0.2) is 5.78 Å². The van der Waals surface area contributed by atoms with E-state index in [0.717, 1.165) is 0 Å². The van der Waals surface area contributed by atoms with Gasteiger partial charge in [-0.1, -0.05) is 6.07 Å². The van der Waals surface area contributed by atoms with Gasteiger partial charge in [-0.15, -0.1) is 0 Å². The molecule has 66 valence electrons. The number of Topliss-reactive ketones (excluding diaryl/α,β-unsaturated/α-hetero) is 1. The Morgan fingerprint density at radius 3 is 2.62 bits per heavy atom. The molecule has 0 amide bonds. The lowest BCUT2D eigenvalue weighted by Crippen LogP contribution is -2.02. The molecule has 0 saturated heterocycles. The summed E-state index contributed by atoms with van der Waals surface area (Å²) in [5.74, 6) is -1.01. The Morgan fingerprint density at radius 2 is 2.15 bits per heavy atom. The normalized spacial score (nSPS) is 9.38. The van der Waals surface area contributed by atoms with E-state index in [0.29, 0.717) is 5.56 Å². The number of hydrogen-bond donors (Lipinski definition) is 0. The molecule has 2 nitrogen and oxygen atoms in total. The molecule has 0 unspecified atom stereocenters. The topological polar surface area (TPSA) is 40.9 Å². The second-order valence-corrected chi connectivity index (χ2v) is 2.79. The largest absolute Gasteiger partial charge is 0.294 e. The lowest BCUT2D eigenvalue weighted by molar-refractivity contribution is 0.101. The lowest BCUT2D eigenvalue weighted by atomic mass is 10.0. The molecule has 0 aliphatic heterocycles. The number of ketones is 1. The second-order valence-electron chi connectivity index (χ2n) is 2.79. The average molecular weight is 177 g/mol. The van der Waals surface area contributed by atoms with Crippen molar-refractivity contribution in [2.24, 2.45) is 0 Å². The highest BCUT2D eigenvalue weighted by molar-refractivity contribution is 5.97. The molecule has 0 saturated carbocycles. The maximum absolute atomic E-state index is 13.3. The number of aryl methyl sites for hydroxylation is 1. The van der Waals surface area contributed by atoms with Gasteiger partial charge in [0.05, 0.1) is 17.2 Å². The zero-order valence-electron chi connectivity index (χ0n) is 7.39. The summed E-state index contributed by atoms with van der Waals surface area (Å²) in [6.07, 6.45) is 0. The Hall–Kier alpha value is -1.69. The van der Waals surface area contributed by atoms with Crippen molar-refractivity contribution in [1.29, 1.82) is 5.26 Å². The molecule has 0 radical (unpaired) electrons. The van der Waals surface area contributed by atoms with Gasteiger partial charge in [0, 0.05) is 0 Å². The summed E-state index contributed by atoms with van der Waals surface area (Å²) >= 11 is 0. The summed E-state index contributed by atoms with van der Waals surface area (Å²) < 4.78 is 13.3. The highest BCUT2D eigenvalue weighted by Gasteiger charge is 2.14. The van der Waals surface area contributed by atoms with Crippen LogP contribution in [0.2, 0.25) is 0 Å². The molecule has 0 spiro atoms. The fourth-order valence-corrected chi connectivity index (χ4v) is 1.12. The first-order valence-electron chi connectivity index (χ1n) is 3.78. The van der Waals surface area contributed by atoms with Gasteiger partial charge in [0.2, 0.25) is 0 Å². The number of carbonyl (C=O) groups excluding carboxylic acids is 1. The van der Waals surface area contributed by atoms with Crippen molar-refractivity contribution in [3.8, 4) is 6.07 Å². The Kier molecular flexibility index (Phi) is 2.43. The third-order valence-corrected chi connectivity index (χ3v) is 1.81. The van der Waals surface area contributed by atoms with Crippen LogP contribution >= 0.6 is 0 Å². The quantitative estimate of drug-likeness (QED) is 0.617. The van der Waals surface area contributed by atoms with Gasteiger partial charge >= 0.3 is 0 Å². The average Bonchev–Trinajstić information content (AvgIpc) is 2.08. The maximum Gasteiger partial charge on any atom is 0.164 e. The zero-order chi connectivity index (χ0) is 10.0. The molecule has 0 aromatic heterocycles. The summed E-state index contributed by atoms with van der Waals surface area (Å²) in [5.41, 5.74) is 0.363. The van der Waals surface area contributed by atoms with Crippen LogP contribution in [0.1, 0.15) is 28.4 Å². The number of benzene rings is 1. The summed E-state index contributed by atoms with van der Waals surface area (Å²) in [6, 6.07) is 4.72. The number of nitrogens with zero attached hydrogens (tertiary/aromatic N) is 1. The van der Waals surface area contributed by atoms with Crippen LogP contribution in [-0.4, -0.2) is 5.78 Å². The summed E-state index contributed by atoms with van der Waals surface area (Å²) in [5, 5.41) is 8.61. The van der Waals surface area contributed by atoms with Gasteiger partial charge in [0.25, 0.3) is 0 Å². The van der Waals surface area contributed by atoms with Crippen LogP contribution < -0.4 is 0 Å². The number of nitriles is 1. The van der Waals surface area contributed by atoms with E-state index in [1.165, 1.54) is 19.1 Å². The standard InChI is InChI=1S/C10H8FNO/c1-6-3-4-8(5-12)9(7(2)13)10(6)11/h3-4H,1-2H3. The molecule has 0 atom stereocenters. The zero-order valence-corrected chi connectivity index (χ0v) is 7.39. The van der Waals surface area contributed by atoms with Gasteiger partial charge in [-0.25, -0.2) is 4.39 Å².